The van der Waals surface area contributed by atoms with Crippen molar-refractivity contribution >= 4 is 23.5 Å². The second kappa shape index (κ2) is 7.25. The van der Waals surface area contributed by atoms with Crippen molar-refractivity contribution in [3.05, 3.63) is 94.0 Å². The topological polar surface area (TPSA) is 48.4 Å². The van der Waals surface area contributed by atoms with Gasteiger partial charge in [-0.05, 0) is 60.5 Å². The van der Waals surface area contributed by atoms with Crippen LogP contribution in [0.15, 0.2) is 66.7 Å². The lowest BCUT2D eigenvalue weighted by Gasteiger charge is -2.11. The predicted octanol–water partition coefficient (Wildman–Crippen LogP) is 5.24. The number of hydrogen-bond donors (Lipinski definition) is 0. The Labute approximate surface area is 162 Å². The summed E-state index contributed by atoms with van der Waals surface area (Å²) >= 11 is 6.01. The number of hydrogen-bond acceptors (Lipinski definition) is 4. The van der Waals surface area contributed by atoms with E-state index in [2.05, 4.69) is 4.98 Å². The van der Waals surface area contributed by atoms with Gasteiger partial charge in [-0.3, -0.25) is 9.78 Å². The second-order valence-corrected chi connectivity index (χ2v) is 6.64. The van der Waals surface area contributed by atoms with E-state index < -0.39 is 0 Å². The molecule has 0 bridgehead atoms. The molecule has 0 aliphatic carbocycles. The maximum absolute atomic E-state index is 12.6. The van der Waals surface area contributed by atoms with E-state index in [-0.39, 0.29) is 5.78 Å². The first-order valence-corrected chi connectivity index (χ1v) is 8.85. The molecule has 27 heavy (non-hydrogen) atoms. The van der Waals surface area contributed by atoms with Crippen molar-refractivity contribution in [1.82, 2.24) is 4.98 Å². The minimum absolute atomic E-state index is 0.133. The monoisotopic (exact) mass is 377 g/mol. The number of ketones is 1. The average Bonchev–Trinajstić information content (AvgIpc) is 2.99. The van der Waals surface area contributed by atoms with Crippen molar-refractivity contribution in [2.24, 2.45) is 0 Å². The molecule has 0 spiro atoms. The molecule has 0 radical (unpaired) electrons. The van der Waals surface area contributed by atoms with Crippen LogP contribution in [-0.4, -0.2) is 10.8 Å². The van der Waals surface area contributed by atoms with E-state index in [1.54, 1.807) is 30.6 Å². The molecule has 0 unspecified atom stereocenters. The summed E-state index contributed by atoms with van der Waals surface area (Å²) in [5, 5.41) is 0.668. The highest BCUT2D eigenvalue weighted by atomic mass is 35.5. The van der Waals surface area contributed by atoms with Gasteiger partial charge in [-0.1, -0.05) is 23.7 Å². The van der Waals surface area contributed by atoms with Gasteiger partial charge in [0.1, 0.15) is 18.1 Å². The third-order valence-corrected chi connectivity index (χ3v) is 4.56. The first-order valence-electron chi connectivity index (χ1n) is 8.47. The van der Waals surface area contributed by atoms with Gasteiger partial charge in [0.25, 0.3) is 0 Å². The molecule has 0 atom stereocenters. The van der Waals surface area contributed by atoms with Crippen LogP contribution in [0.1, 0.15) is 27.0 Å². The van der Waals surface area contributed by atoms with Crippen molar-refractivity contribution in [3.8, 4) is 11.5 Å². The number of aromatic nitrogens is 1. The van der Waals surface area contributed by atoms with Crippen molar-refractivity contribution in [1.29, 1.82) is 0 Å². The Balaban J connectivity index is 1.57. The first kappa shape index (κ1) is 17.3. The van der Waals surface area contributed by atoms with Crippen LogP contribution in [0.25, 0.3) is 6.08 Å². The van der Waals surface area contributed by atoms with Gasteiger partial charge >= 0.3 is 0 Å². The SMILES string of the molecule is Cc1c(OCc2cccc(Cl)c2)ccc2c1O/C(=C\c1ccncc1)C2=O. The van der Waals surface area contributed by atoms with Gasteiger partial charge < -0.3 is 9.47 Å². The summed E-state index contributed by atoms with van der Waals surface area (Å²) in [6.45, 7) is 2.27. The lowest BCUT2D eigenvalue weighted by Crippen LogP contribution is -1.98. The molecule has 134 valence electrons. The second-order valence-electron chi connectivity index (χ2n) is 6.20. The Morgan fingerprint density at radius 3 is 2.74 bits per heavy atom. The highest BCUT2D eigenvalue weighted by Gasteiger charge is 2.30. The number of fused-ring (bicyclic) bond motifs is 1. The number of pyridine rings is 1. The third-order valence-electron chi connectivity index (χ3n) is 4.32. The number of nitrogens with zero attached hydrogens (tertiary/aromatic N) is 1. The summed E-state index contributed by atoms with van der Waals surface area (Å²) < 4.78 is 11.8. The molecule has 3 aromatic rings. The van der Waals surface area contributed by atoms with Crippen molar-refractivity contribution in [2.45, 2.75) is 13.5 Å². The van der Waals surface area contributed by atoms with Crippen LogP contribution in [0, 0.1) is 6.92 Å². The van der Waals surface area contributed by atoms with Gasteiger partial charge in [-0.15, -0.1) is 0 Å². The fraction of sp³-hybridized carbons (Fsp3) is 0.0909. The molecular weight excluding hydrogens is 362 g/mol. The van der Waals surface area contributed by atoms with Gasteiger partial charge in [0.15, 0.2) is 5.76 Å². The van der Waals surface area contributed by atoms with Crippen LogP contribution in [0.3, 0.4) is 0 Å². The highest BCUT2D eigenvalue weighted by Crippen LogP contribution is 2.39. The molecule has 0 fully saturated rings. The number of allylic oxidation sites excluding steroid dienone is 1. The Morgan fingerprint density at radius 2 is 1.96 bits per heavy atom. The summed E-state index contributed by atoms with van der Waals surface area (Å²) in [5.41, 5.74) is 3.16. The number of Topliss-reactive ketones (excluding diaryl/α,β-unsaturated/α-hetero) is 1. The van der Waals surface area contributed by atoms with Crippen LogP contribution >= 0.6 is 11.6 Å². The molecule has 5 heteroatoms. The fourth-order valence-electron chi connectivity index (χ4n) is 2.92. The minimum Gasteiger partial charge on any atom is -0.488 e. The van der Waals surface area contributed by atoms with Gasteiger partial charge in [0.05, 0.1) is 5.56 Å². The number of benzene rings is 2. The van der Waals surface area contributed by atoms with Gasteiger partial charge in [0, 0.05) is 23.0 Å². The molecular formula is C22H16ClNO3. The molecule has 1 aromatic heterocycles. The molecule has 4 nitrogen and oxygen atoms in total. The molecule has 1 aliphatic heterocycles. The van der Waals surface area contributed by atoms with E-state index in [0.717, 1.165) is 16.7 Å². The number of carbonyl (C=O) groups is 1. The van der Waals surface area contributed by atoms with Crippen molar-refractivity contribution < 1.29 is 14.3 Å². The van der Waals surface area contributed by atoms with E-state index >= 15 is 0 Å². The highest BCUT2D eigenvalue weighted by molar-refractivity contribution is 6.30. The maximum Gasteiger partial charge on any atom is 0.231 e. The Kier molecular flexibility index (Phi) is 4.65. The van der Waals surface area contributed by atoms with E-state index in [1.165, 1.54) is 0 Å². The number of halogens is 1. The summed E-state index contributed by atoms with van der Waals surface area (Å²) in [6, 6.07) is 14.7. The summed E-state index contributed by atoms with van der Waals surface area (Å²) in [4.78, 5) is 16.6. The standard InChI is InChI=1S/C22H16ClNO3/c1-14-19(26-13-16-3-2-4-17(23)11-16)6-5-18-21(25)20(27-22(14)18)12-15-7-9-24-10-8-15/h2-12H,13H2,1H3/b20-12-. The fourth-order valence-corrected chi connectivity index (χ4v) is 3.14. The average molecular weight is 378 g/mol. The summed E-state index contributed by atoms with van der Waals surface area (Å²) in [5.74, 6) is 1.38. The third kappa shape index (κ3) is 3.57. The molecule has 0 N–H and O–H groups in total. The van der Waals surface area contributed by atoms with E-state index in [4.69, 9.17) is 21.1 Å². The summed E-state index contributed by atoms with van der Waals surface area (Å²) in [7, 11) is 0. The van der Waals surface area contributed by atoms with Crippen LogP contribution in [0.5, 0.6) is 11.5 Å². The Hall–Kier alpha value is -3.11. The molecule has 0 saturated heterocycles. The van der Waals surface area contributed by atoms with Crippen LogP contribution in [-0.2, 0) is 6.61 Å². The van der Waals surface area contributed by atoms with Crippen LogP contribution in [0.4, 0.5) is 0 Å². The minimum atomic E-state index is -0.133. The number of rotatable bonds is 4. The van der Waals surface area contributed by atoms with Gasteiger partial charge in [-0.25, -0.2) is 0 Å². The zero-order chi connectivity index (χ0) is 18.8. The van der Waals surface area contributed by atoms with Crippen LogP contribution < -0.4 is 9.47 Å². The maximum atomic E-state index is 12.6. The summed E-state index contributed by atoms with van der Waals surface area (Å²) in [6.07, 6.45) is 5.06. The molecule has 0 saturated carbocycles. The van der Waals surface area contributed by atoms with Crippen molar-refractivity contribution in [2.75, 3.05) is 0 Å². The molecule has 0 amide bonds. The van der Waals surface area contributed by atoms with E-state index in [0.29, 0.717) is 34.5 Å². The van der Waals surface area contributed by atoms with Gasteiger partial charge in [0.2, 0.25) is 5.78 Å². The van der Waals surface area contributed by atoms with Crippen LogP contribution in [0.2, 0.25) is 5.02 Å². The quantitative estimate of drug-likeness (QED) is 0.583. The molecule has 2 aromatic carbocycles. The van der Waals surface area contributed by atoms with E-state index in [9.17, 15) is 4.79 Å². The molecule has 1 aliphatic rings. The van der Waals surface area contributed by atoms with Crippen molar-refractivity contribution in [3.63, 3.8) is 0 Å². The lowest BCUT2D eigenvalue weighted by atomic mass is 10.1. The zero-order valence-electron chi connectivity index (χ0n) is 14.6. The molecule has 2 heterocycles. The Morgan fingerprint density at radius 1 is 1.15 bits per heavy atom. The smallest absolute Gasteiger partial charge is 0.231 e. The van der Waals surface area contributed by atoms with E-state index in [1.807, 2.05) is 43.3 Å². The number of carbonyl (C=O) groups excluding carboxylic acids is 1. The number of ether oxygens (including phenoxy) is 2. The Bertz CT molecular complexity index is 1040. The lowest BCUT2D eigenvalue weighted by molar-refractivity contribution is 0.101. The van der Waals surface area contributed by atoms with Gasteiger partial charge in [-0.2, -0.15) is 0 Å². The zero-order valence-corrected chi connectivity index (χ0v) is 15.4. The largest absolute Gasteiger partial charge is 0.488 e. The normalized spacial score (nSPS) is 14.1. The first-order chi connectivity index (χ1) is 13.1. The predicted molar refractivity (Wildman–Crippen MR) is 104 cm³/mol. The molecule has 4 rings (SSSR count).